The number of fused-ring (bicyclic) bond motifs is 5. The van der Waals surface area contributed by atoms with Gasteiger partial charge in [-0.1, -0.05) is 49.6 Å². The van der Waals surface area contributed by atoms with E-state index < -0.39 is 5.54 Å². The van der Waals surface area contributed by atoms with Gasteiger partial charge in [-0.3, -0.25) is 9.59 Å². The van der Waals surface area contributed by atoms with Crippen LogP contribution in [0.15, 0.2) is 66.7 Å². The zero-order valence-corrected chi connectivity index (χ0v) is 25.2. The van der Waals surface area contributed by atoms with Gasteiger partial charge in [0.05, 0.1) is 12.2 Å². The molecule has 3 aromatic carbocycles. The Morgan fingerprint density at radius 2 is 1.75 bits per heavy atom. The monoisotopic (exact) mass is 591 g/mol. The molecule has 2 aliphatic carbocycles. The van der Waals surface area contributed by atoms with Gasteiger partial charge < -0.3 is 25.0 Å². The van der Waals surface area contributed by atoms with Gasteiger partial charge in [0.15, 0.2) is 0 Å². The van der Waals surface area contributed by atoms with Crippen molar-refractivity contribution in [2.24, 2.45) is 0 Å². The van der Waals surface area contributed by atoms with Gasteiger partial charge in [-0.25, -0.2) is 0 Å². The van der Waals surface area contributed by atoms with Crippen LogP contribution in [-0.4, -0.2) is 40.2 Å². The van der Waals surface area contributed by atoms with Crippen LogP contribution in [0.25, 0.3) is 22.2 Å². The number of nitrogens with zero attached hydrogens (tertiary/aromatic N) is 1. The van der Waals surface area contributed by atoms with E-state index in [-0.39, 0.29) is 18.4 Å². The first-order chi connectivity index (χ1) is 21.6. The van der Waals surface area contributed by atoms with E-state index in [0.29, 0.717) is 49.6 Å². The molecule has 2 fully saturated rings. The number of aliphatic hydroxyl groups excluding tert-OH is 1. The Kier molecular flexibility index (Phi) is 7.89. The van der Waals surface area contributed by atoms with E-state index in [1.54, 1.807) is 0 Å². The van der Waals surface area contributed by atoms with Crippen LogP contribution in [-0.2, 0) is 17.8 Å². The largest absolute Gasteiger partial charge is 0.491 e. The van der Waals surface area contributed by atoms with E-state index in [4.69, 9.17) is 9.84 Å². The number of rotatable bonds is 8. The molecule has 44 heavy (non-hydrogen) atoms. The van der Waals surface area contributed by atoms with E-state index >= 15 is 0 Å². The summed E-state index contributed by atoms with van der Waals surface area (Å²) in [5.74, 6) is 1.01. The second kappa shape index (κ2) is 12.1. The Morgan fingerprint density at radius 3 is 2.50 bits per heavy atom. The molecule has 7 heteroatoms. The number of amides is 2. The summed E-state index contributed by atoms with van der Waals surface area (Å²) < 4.78 is 8.55. The summed E-state index contributed by atoms with van der Waals surface area (Å²) >= 11 is 0. The summed E-state index contributed by atoms with van der Waals surface area (Å²) in [5, 5.41) is 16.5. The number of carbonyl (C=O) groups excluding carboxylic acids is 2. The van der Waals surface area contributed by atoms with Crippen LogP contribution in [0.4, 0.5) is 5.69 Å². The summed E-state index contributed by atoms with van der Waals surface area (Å²) in [6.07, 6.45) is 9.76. The first-order valence-electron chi connectivity index (χ1n) is 16.3. The molecule has 2 amide bonds. The number of hydrogen-bond donors (Lipinski definition) is 3. The third-order valence-electron chi connectivity index (χ3n) is 9.92. The molecule has 3 N–H and O–H groups in total. The van der Waals surface area contributed by atoms with Crippen molar-refractivity contribution in [2.75, 3.05) is 18.5 Å². The van der Waals surface area contributed by atoms with Crippen molar-refractivity contribution in [2.45, 2.75) is 82.2 Å². The first kappa shape index (κ1) is 28.7. The molecule has 0 bridgehead atoms. The second-order valence-electron chi connectivity index (χ2n) is 12.7. The van der Waals surface area contributed by atoms with Gasteiger partial charge >= 0.3 is 0 Å². The maximum Gasteiger partial charge on any atom is 0.252 e. The molecule has 0 atom stereocenters. The van der Waals surface area contributed by atoms with Crippen LogP contribution in [0.3, 0.4) is 0 Å². The smallest absolute Gasteiger partial charge is 0.252 e. The summed E-state index contributed by atoms with van der Waals surface area (Å²) in [7, 11) is 0. The highest BCUT2D eigenvalue weighted by Gasteiger charge is 2.45. The highest BCUT2D eigenvalue weighted by atomic mass is 16.5. The lowest BCUT2D eigenvalue weighted by molar-refractivity contribution is -0.125. The number of aromatic nitrogens is 1. The fraction of sp³-hybridized carbons (Fsp3) is 0.405. The van der Waals surface area contributed by atoms with E-state index in [1.807, 2.05) is 42.5 Å². The molecule has 0 saturated heterocycles. The van der Waals surface area contributed by atoms with Gasteiger partial charge in [-0.15, -0.1) is 0 Å². The van der Waals surface area contributed by atoms with Crippen LogP contribution in [0.5, 0.6) is 5.75 Å². The molecule has 1 aromatic heterocycles. The average molecular weight is 592 g/mol. The van der Waals surface area contributed by atoms with Crippen molar-refractivity contribution in [3.8, 4) is 17.0 Å². The summed E-state index contributed by atoms with van der Waals surface area (Å²) in [6.45, 7) is 1.44. The summed E-state index contributed by atoms with van der Waals surface area (Å²) in [6, 6.07) is 22.1. The molecule has 0 radical (unpaired) electrons. The zero-order chi connectivity index (χ0) is 30.1. The molecule has 2 heterocycles. The van der Waals surface area contributed by atoms with Gasteiger partial charge in [0.25, 0.3) is 5.91 Å². The lowest BCUT2D eigenvalue weighted by Crippen LogP contribution is -2.61. The van der Waals surface area contributed by atoms with E-state index in [2.05, 4.69) is 39.5 Å². The van der Waals surface area contributed by atoms with Crippen LogP contribution >= 0.6 is 0 Å². The van der Waals surface area contributed by atoms with Crippen molar-refractivity contribution < 1.29 is 19.4 Å². The van der Waals surface area contributed by atoms with Crippen molar-refractivity contribution in [1.29, 1.82) is 0 Å². The Bertz CT molecular complexity index is 1680. The SMILES string of the molecule is O=C(NC1(C(=O)Nc2ccc(CCCO)cc2)CCC1)c1ccc2c(C3CCCCC3)c3n(c2c1)CCOc1ccccc1-3. The summed E-state index contributed by atoms with van der Waals surface area (Å²) in [4.78, 5) is 27.3. The highest BCUT2D eigenvalue weighted by molar-refractivity contribution is 6.06. The fourth-order valence-electron chi connectivity index (χ4n) is 7.40. The molecule has 4 aromatic rings. The highest BCUT2D eigenvalue weighted by Crippen LogP contribution is 2.47. The lowest BCUT2D eigenvalue weighted by Gasteiger charge is -2.40. The zero-order valence-electron chi connectivity index (χ0n) is 25.2. The number of ether oxygens (including phenoxy) is 1. The molecular formula is C37H41N3O4. The lowest BCUT2D eigenvalue weighted by atomic mass is 9.75. The Morgan fingerprint density at radius 1 is 0.955 bits per heavy atom. The molecule has 228 valence electrons. The third kappa shape index (κ3) is 5.28. The van der Waals surface area contributed by atoms with Crippen molar-refractivity contribution in [3.63, 3.8) is 0 Å². The van der Waals surface area contributed by atoms with Gasteiger partial charge in [0.1, 0.15) is 17.9 Å². The minimum absolute atomic E-state index is 0.157. The second-order valence-corrected chi connectivity index (χ2v) is 12.7. The molecule has 2 saturated carbocycles. The molecule has 0 unspecified atom stereocenters. The Balaban J connectivity index is 1.18. The van der Waals surface area contributed by atoms with Gasteiger partial charge in [0.2, 0.25) is 5.91 Å². The number of anilines is 1. The topological polar surface area (TPSA) is 92.6 Å². The minimum Gasteiger partial charge on any atom is -0.491 e. The van der Waals surface area contributed by atoms with Crippen LogP contribution in [0, 0.1) is 0 Å². The van der Waals surface area contributed by atoms with E-state index in [9.17, 15) is 9.59 Å². The van der Waals surface area contributed by atoms with Crippen molar-refractivity contribution >= 4 is 28.4 Å². The van der Waals surface area contributed by atoms with Gasteiger partial charge in [-0.05, 0) is 98.4 Å². The average Bonchev–Trinajstić information content (AvgIpc) is 3.23. The number of nitrogens with one attached hydrogen (secondary N) is 2. The molecule has 0 spiro atoms. The molecular weight excluding hydrogens is 550 g/mol. The van der Waals surface area contributed by atoms with E-state index in [1.165, 1.54) is 48.7 Å². The van der Waals surface area contributed by atoms with Crippen LogP contribution in [0.1, 0.15) is 85.2 Å². The van der Waals surface area contributed by atoms with Crippen molar-refractivity contribution in [1.82, 2.24) is 9.88 Å². The Labute approximate surface area is 258 Å². The maximum absolute atomic E-state index is 13.8. The van der Waals surface area contributed by atoms with Gasteiger partial charge in [-0.2, -0.15) is 0 Å². The van der Waals surface area contributed by atoms with Crippen LogP contribution < -0.4 is 15.4 Å². The first-order valence-corrected chi connectivity index (χ1v) is 16.3. The normalized spacial score (nSPS) is 17.5. The minimum atomic E-state index is -0.919. The predicted octanol–water partition coefficient (Wildman–Crippen LogP) is 6.96. The summed E-state index contributed by atoms with van der Waals surface area (Å²) in [5.41, 5.74) is 6.27. The fourth-order valence-corrected chi connectivity index (χ4v) is 7.40. The number of benzene rings is 3. The van der Waals surface area contributed by atoms with Gasteiger partial charge in [0, 0.05) is 34.3 Å². The van der Waals surface area contributed by atoms with Crippen molar-refractivity contribution in [3.05, 3.63) is 83.4 Å². The number of para-hydroxylation sites is 1. The molecule has 7 rings (SSSR count). The number of carbonyl (C=O) groups is 2. The maximum atomic E-state index is 13.8. The number of hydrogen-bond acceptors (Lipinski definition) is 4. The quantitative estimate of drug-likeness (QED) is 0.206. The third-order valence-corrected chi connectivity index (χ3v) is 9.92. The molecule has 7 nitrogen and oxygen atoms in total. The molecule has 1 aliphatic heterocycles. The van der Waals surface area contributed by atoms with Crippen LogP contribution in [0.2, 0.25) is 0 Å². The van der Waals surface area contributed by atoms with E-state index in [0.717, 1.165) is 35.2 Å². The standard InChI is InChI=1S/C37H41N3O4/c41-22-6-8-25-13-16-28(17-14-25)38-36(43)37(19-7-20-37)39-35(42)27-15-18-29-31(24-27)40-21-23-44-32-12-5-4-11-30(32)34(40)33(29)26-9-2-1-3-10-26/h4-5,11-18,24,26,41H,1-3,6-10,19-23H2,(H,38,43)(H,39,42). The predicted molar refractivity (Wildman–Crippen MR) is 173 cm³/mol. The number of aliphatic hydroxyl groups is 1. The number of aryl methyl sites for hydroxylation is 1. The Hall–Kier alpha value is -4.10. The molecule has 3 aliphatic rings.